The molecule has 0 unspecified atom stereocenters. The van der Waals surface area contributed by atoms with Crippen LogP contribution in [0.2, 0.25) is 0 Å². The van der Waals surface area contributed by atoms with Gasteiger partial charge in [-0.3, -0.25) is 0 Å². The van der Waals surface area contributed by atoms with E-state index in [9.17, 15) is 0 Å². The Morgan fingerprint density at radius 1 is 0.408 bits per heavy atom. The Morgan fingerprint density at radius 2 is 1.00 bits per heavy atom. The molecule has 3 heteroatoms. The van der Waals surface area contributed by atoms with Crippen molar-refractivity contribution in [2.45, 2.75) is 0 Å². The maximum Gasteiger partial charge on any atom is 0.136 e. The highest BCUT2D eigenvalue weighted by atomic mass is 16.3. The van der Waals surface area contributed by atoms with Gasteiger partial charge in [0.25, 0.3) is 0 Å². The SMILES string of the molecule is c1ccc(N(c2ccc(-n3c4ccccc4c4ccccc43)cc2)c2ccc3ccccc3c2)c(-c2cccc3oc4ccccc4c23)c1. The Bertz CT molecular complexity index is 2790. The summed E-state index contributed by atoms with van der Waals surface area (Å²) < 4.78 is 8.69. The molecule has 0 aliphatic carbocycles. The van der Waals surface area contributed by atoms with Gasteiger partial charge in [0, 0.05) is 44.2 Å². The van der Waals surface area contributed by atoms with Gasteiger partial charge in [0.1, 0.15) is 11.2 Å². The van der Waals surface area contributed by atoms with Gasteiger partial charge in [-0.2, -0.15) is 0 Å². The Labute approximate surface area is 283 Å². The van der Waals surface area contributed by atoms with Crippen molar-refractivity contribution >= 4 is 71.6 Å². The zero-order chi connectivity index (χ0) is 32.3. The average Bonchev–Trinajstić information content (AvgIpc) is 3.72. The first-order chi connectivity index (χ1) is 24.3. The largest absolute Gasteiger partial charge is 0.456 e. The number of hydrogen-bond acceptors (Lipinski definition) is 2. The van der Waals surface area contributed by atoms with Crippen LogP contribution in [0.4, 0.5) is 17.1 Å². The van der Waals surface area contributed by atoms with Crippen molar-refractivity contribution in [1.82, 2.24) is 4.57 Å². The molecule has 3 nitrogen and oxygen atoms in total. The van der Waals surface area contributed by atoms with Gasteiger partial charge >= 0.3 is 0 Å². The van der Waals surface area contributed by atoms with Gasteiger partial charge in [0.2, 0.25) is 0 Å². The maximum absolute atomic E-state index is 6.33. The lowest BCUT2D eigenvalue weighted by Gasteiger charge is -2.28. The van der Waals surface area contributed by atoms with Gasteiger partial charge in [0.05, 0.1) is 16.7 Å². The fraction of sp³-hybridized carbons (Fsp3) is 0. The molecule has 2 aromatic heterocycles. The molecule has 0 aliphatic heterocycles. The molecule has 0 radical (unpaired) electrons. The van der Waals surface area contributed by atoms with E-state index in [4.69, 9.17) is 4.42 Å². The summed E-state index contributed by atoms with van der Waals surface area (Å²) in [5, 5.41) is 7.19. The van der Waals surface area contributed by atoms with E-state index < -0.39 is 0 Å². The maximum atomic E-state index is 6.33. The van der Waals surface area contributed by atoms with Gasteiger partial charge in [-0.05, 0) is 83.1 Å². The summed E-state index contributed by atoms with van der Waals surface area (Å²) in [4.78, 5) is 2.39. The Kier molecular flexibility index (Phi) is 6.18. The summed E-state index contributed by atoms with van der Waals surface area (Å²) in [7, 11) is 0. The van der Waals surface area contributed by atoms with E-state index >= 15 is 0 Å². The minimum absolute atomic E-state index is 0.890. The van der Waals surface area contributed by atoms with Crippen LogP contribution in [0.3, 0.4) is 0 Å². The van der Waals surface area contributed by atoms with Gasteiger partial charge in [-0.25, -0.2) is 0 Å². The van der Waals surface area contributed by atoms with Crippen molar-refractivity contribution in [2.75, 3.05) is 4.90 Å². The Morgan fingerprint density at radius 3 is 1.80 bits per heavy atom. The van der Waals surface area contributed by atoms with Crippen molar-refractivity contribution < 1.29 is 4.42 Å². The smallest absolute Gasteiger partial charge is 0.136 e. The molecule has 0 saturated carbocycles. The molecule has 0 N–H and O–H groups in total. The average molecular weight is 627 g/mol. The predicted molar refractivity (Wildman–Crippen MR) is 206 cm³/mol. The highest BCUT2D eigenvalue weighted by molar-refractivity contribution is 6.14. The van der Waals surface area contributed by atoms with Crippen LogP contribution in [0.15, 0.2) is 186 Å². The summed E-state index contributed by atoms with van der Waals surface area (Å²) >= 11 is 0. The first-order valence-corrected chi connectivity index (χ1v) is 16.7. The van der Waals surface area contributed by atoms with Crippen molar-refractivity contribution in [3.8, 4) is 16.8 Å². The van der Waals surface area contributed by atoms with E-state index in [0.717, 1.165) is 55.8 Å². The van der Waals surface area contributed by atoms with E-state index in [1.807, 2.05) is 12.1 Å². The van der Waals surface area contributed by atoms with Crippen molar-refractivity contribution in [2.24, 2.45) is 0 Å². The summed E-state index contributed by atoms with van der Waals surface area (Å²) in [6.07, 6.45) is 0. The molecule has 0 amide bonds. The van der Waals surface area contributed by atoms with Crippen LogP contribution in [0.25, 0.3) is 71.3 Å². The number of aromatic nitrogens is 1. The molecule has 230 valence electrons. The molecule has 0 saturated heterocycles. The second-order valence-electron chi connectivity index (χ2n) is 12.5. The highest BCUT2D eigenvalue weighted by Crippen LogP contribution is 2.45. The summed E-state index contributed by atoms with van der Waals surface area (Å²) in [5.41, 5.74) is 10.9. The summed E-state index contributed by atoms with van der Waals surface area (Å²) in [6, 6.07) is 65.0. The zero-order valence-corrected chi connectivity index (χ0v) is 26.6. The number of benzene rings is 8. The molecule has 8 aromatic carbocycles. The third-order valence-corrected chi connectivity index (χ3v) is 9.78. The van der Waals surface area contributed by atoms with Gasteiger partial charge in [-0.15, -0.1) is 0 Å². The van der Waals surface area contributed by atoms with Crippen LogP contribution in [0, 0.1) is 0 Å². The normalized spacial score (nSPS) is 11.7. The standard InChI is InChI=1S/C46H30N2O/c1-2-13-32-30-35(25-24-31(32)12-1)47(33-26-28-34(29-27-33)48-42-20-8-3-14-36(42)37-15-4-9-21-43(37)48)41-19-7-5-16-38(41)39-18-11-23-45-46(39)40-17-6-10-22-44(40)49-45/h1-30H. The van der Waals surface area contributed by atoms with Gasteiger partial charge < -0.3 is 13.9 Å². The van der Waals surface area contributed by atoms with Crippen LogP contribution in [0.5, 0.6) is 0 Å². The molecule has 0 spiro atoms. The molecule has 0 atom stereocenters. The van der Waals surface area contributed by atoms with Crippen LogP contribution in [-0.4, -0.2) is 4.57 Å². The van der Waals surface area contributed by atoms with E-state index in [0.29, 0.717) is 0 Å². The lowest BCUT2D eigenvalue weighted by molar-refractivity contribution is 0.669. The number of anilines is 3. The number of fused-ring (bicyclic) bond motifs is 7. The predicted octanol–water partition coefficient (Wildman–Crippen LogP) is 13.0. The van der Waals surface area contributed by atoms with Crippen molar-refractivity contribution in [3.63, 3.8) is 0 Å². The van der Waals surface area contributed by atoms with E-state index in [-0.39, 0.29) is 0 Å². The third-order valence-electron chi connectivity index (χ3n) is 9.78. The quantitative estimate of drug-likeness (QED) is 0.190. The molecule has 0 aliphatic rings. The second-order valence-corrected chi connectivity index (χ2v) is 12.5. The monoisotopic (exact) mass is 626 g/mol. The lowest BCUT2D eigenvalue weighted by Crippen LogP contribution is -2.11. The van der Waals surface area contributed by atoms with Crippen molar-refractivity contribution in [1.29, 1.82) is 0 Å². The second kappa shape index (κ2) is 11.0. The number of furan rings is 1. The lowest BCUT2D eigenvalue weighted by atomic mass is 9.96. The highest BCUT2D eigenvalue weighted by Gasteiger charge is 2.21. The van der Waals surface area contributed by atoms with Gasteiger partial charge in [-0.1, -0.05) is 115 Å². The Hall–Kier alpha value is -6.58. The number of rotatable bonds is 5. The molecule has 10 aromatic rings. The molecule has 0 fully saturated rings. The van der Waals surface area contributed by atoms with Crippen LogP contribution < -0.4 is 4.90 Å². The van der Waals surface area contributed by atoms with E-state index in [2.05, 4.69) is 179 Å². The third kappa shape index (κ3) is 4.37. The molecule has 0 bridgehead atoms. The van der Waals surface area contributed by atoms with E-state index in [1.165, 1.54) is 32.6 Å². The first kappa shape index (κ1) is 27.5. The topological polar surface area (TPSA) is 21.3 Å². The number of nitrogens with zero attached hydrogens (tertiary/aromatic N) is 2. The minimum atomic E-state index is 0.890. The van der Waals surface area contributed by atoms with E-state index in [1.54, 1.807) is 0 Å². The zero-order valence-electron chi connectivity index (χ0n) is 26.6. The molecular formula is C46H30N2O. The van der Waals surface area contributed by atoms with Crippen LogP contribution in [0.1, 0.15) is 0 Å². The Balaban J connectivity index is 1.19. The number of hydrogen-bond donors (Lipinski definition) is 0. The van der Waals surface area contributed by atoms with Crippen LogP contribution in [-0.2, 0) is 0 Å². The molecule has 10 rings (SSSR count). The molecule has 49 heavy (non-hydrogen) atoms. The first-order valence-electron chi connectivity index (χ1n) is 16.7. The fourth-order valence-corrected chi connectivity index (χ4v) is 7.59. The fourth-order valence-electron chi connectivity index (χ4n) is 7.59. The minimum Gasteiger partial charge on any atom is -0.456 e. The van der Waals surface area contributed by atoms with Gasteiger partial charge in [0.15, 0.2) is 0 Å². The molecular weight excluding hydrogens is 597 g/mol. The molecule has 2 heterocycles. The van der Waals surface area contributed by atoms with Crippen LogP contribution >= 0.6 is 0 Å². The number of para-hydroxylation sites is 4. The summed E-state index contributed by atoms with van der Waals surface area (Å²) in [5.74, 6) is 0. The summed E-state index contributed by atoms with van der Waals surface area (Å²) in [6.45, 7) is 0. The van der Waals surface area contributed by atoms with Crippen molar-refractivity contribution in [3.05, 3.63) is 182 Å².